The highest BCUT2D eigenvalue weighted by molar-refractivity contribution is 5.45. The predicted octanol–water partition coefficient (Wildman–Crippen LogP) is 3.00. The van der Waals surface area contributed by atoms with Crippen LogP contribution < -0.4 is 10.1 Å². The van der Waals surface area contributed by atoms with Gasteiger partial charge in [0.15, 0.2) is 0 Å². The van der Waals surface area contributed by atoms with Crippen molar-refractivity contribution in [3.63, 3.8) is 0 Å². The fourth-order valence-electron chi connectivity index (χ4n) is 4.01. The Balaban J connectivity index is 1.38. The van der Waals surface area contributed by atoms with Crippen LogP contribution in [0.25, 0.3) is 0 Å². The molecule has 0 bridgehead atoms. The van der Waals surface area contributed by atoms with E-state index in [1.807, 2.05) is 17.9 Å². The van der Waals surface area contributed by atoms with Crippen molar-refractivity contribution in [1.82, 2.24) is 15.1 Å². The molecule has 134 valence electrons. The third-order valence-corrected chi connectivity index (χ3v) is 5.16. The highest BCUT2D eigenvalue weighted by Crippen LogP contribution is 2.38. The normalized spacial score (nSPS) is 24.3. The zero-order valence-corrected chi connectivity index (χ0v) is 15.3. The number of fused-ring (bicyclic) bond motifs is 1. The maximum Gasteiger partial charge on any atom is 0.127 e. The molecule has 2 aliphatic heterocycles. The number of ether oxygens (including phenoxy) is 2. The molecular formula is C20H27N3O2. The van der Waals surface area contributed by atoms with Crippen LogP contribution in [0, 0.1) is 5.92 Å². The maximum atomic E-state index is 6.17. The van der Waals surface area contributed by atoms with Crippen LogP contribution in [0.15, 0.2) is 30.6 Å². The number of nitrogens with zero attached hydrogens (tertiary/aromatic N) is 2. The lowest BCUT2D eigenvalue weighted by Crippen LogP contribution is -2.26. The lowest BCUT2D eigenvalue weighted by atomic mass is 9.97. The molecule has 3 heterocycles. The molecule has 1 aromatic carbocycles. The Bertz CT molecular complexity index is 753. The van der Waals surface area contributed by atoms with Gasteiger partial charge in [0.25, 0.3) is 0 Å². The van der Waals surface area contributed by atoms with Gasteiger partial charge in [-0.15, -0.1) is 0 Å². The number of benzene rings is 1. The van der Waals surface area contributed by atoms with Crippen LogP contribution >= 0.6 is 0 Å². The summed E-state index contributed by atoms with van der Waals surface area (Å²) in [5.74, 6) is 1.56. The van der Waals surface area contributed by atoms with E-state index in [2.05, 4.69) is 48.7 Å². The second kappa shape index (κ2) is 6.46. The van der Waals surface area contributed by atoms with Gasteiger partial charge in [-0.1, -0.05) is 18.2 Å². The number of rotatable bonds is 5. The van der Waals surface area contributed by atoms with E-state index in [4.69, 9.17) is 9.47 Å². The summed E-state index contributed by atoms with van der Waals surface area (Å²) in [6, 6.07) is 6.48. The van der Waals surface area contributed by atoms with E-state index in [9.17, 15) is 0 Å². The van der Waals surface area contributed by atoms with Crippen molar-refractivity contribution in [3.05, 3.63) is 47.3 Å². The summed E-state index contributed by atoms with van der Waals surface area (Å²) >= 11 is 0. The number of aryl methyl sites for hydroxylation is 1. The van der Waals surface area contributed by atoms with Crippen molar-refractivity contribution in [3.8, 4) is 5.75 Å². The van der Waals surface area contributed by atoms with Crippen LogP contribution in [-0.4, -0.2) is 28.5 Å². The molecule has 1 fully saturated rings. The van der Waals surface area contributed by atoms with Gasteiger partial charge in [0.2, 0.25) is 0 Å². The smallest absolute Gasteiger partial charge is 0.127 e. The van der Waals surface area contributed by atoms with Crippen molar-refractivity contribution in [2.24, 2.45) is 13.0 Å². The average molecular weight is 341 g/mol. The van der Waals surface area contributed by atoms with Crippen LogP contribution in [-0.2, 0) is 24.8 Å². The standard InChI is InChI=1S/C20H27N3O2/c1-20(2)9-14-5-4-6-15(19(14)25-20)10-21-11-16-7-8-24-18(16)17-12-22-23(3)13-17/h4-6,12-13,16,18,21H,7-11H2,1-3H3/t16-,18-/m1/s1. The summed E-state index contributed by atoms with van der Waals surface area (Å²) in [5.41, 5.74) is 3.66. The molecular weight excluding hydrogens is 314 g/mol. The number of hydrogen-bond acceptors (Lipinski definition) is 4. The number of nitrogens with one attached hydrogen (secondary N) is 1. The van der Waals surface area contributed by atoms with Crippen LogP contribution in [0.2, 0.25) is 0 Å². The molecule has 2 aromatic rings. The fraction of sp³-hybridized carbons (Fsp3) is 0.550. The van der Waals surface area contributed by atoms with Gasteiger partial charge < -0.3 is 14.8 Å². The van der Waals surface area contributed by atoms with Crippen LogP contribution in [0.4, 0.5) is 0 Å². The minimum absolute atomic E-state index is 0.0941. The minimum atomic E-state index is -0.0941. The minimum Gasteiger partial charge on any atom is -0.487 e. The average Bonchev–Trinajstić information content (AvgIpc) is 3.24. The van der Waals surface area contributed by atoms with Crippen molar-refractivity contribution in [2.45, 2.75) is 44.9 Å². The van der Waals surface area contributed by atoms with E-state index in [0.717, 1.165) is 38.3 Å². The lowest BCUT2D eigenvalue weighted by molar-refractivity contribution is 0.0903. The van der Waals surface area contributed by atoms with E-state index < -0.39 is 0 Å². The van der Waals surface area contributed by atoms with Crippen molar-refractivity contribution < 1.29 is 9.47 Å². The van der Waals surface area contributed by atoms with Gasteiger partial charge in [0, 0.05) is 56.4 Å². The lowest BCUT2D eigenvalue weighted by Gasteiger charge is -2.20. The number of hydrogen-bond donors (Lipinski definition) is 1. The van der Waals surface area contributed by atoms with Gasteiger partial charge in [0.1, 0.15) is 11.4 Å². The first-order valence-electron chi connectivity index (χ1n) is 9.12. The number of aromatic nitrogens is 2. The van der Waals surface area contributed by atoms with E-state index in [-0.39, 0.29) is 11.7 Å². The summed E-state index contributed by atoms with van der Waals surface area (Å²) in [6.45, 7) is 6.89. The second-order valence-corrected chi connectivity index (χ2v) is 7.86. The summed E-state index contributed by atoms with van der Waals surface area (Å²) in [5, 5.41) is 7.90. The molecule has 1 aromatic heterocycles. The monoisotopic (exact) mass is 341 g/mol. The molecule has 0 radical (unpaired) electrons. The molecule has 5 nitrogen and oxygen atoms in total. The Morgan fingerprint density at radius 2 is 2.24 bits per heavy atom. The second-order valence-electron chi connectivity index (χ2n) is 7.86. The van der Waals surface area contributed by atoms with E-state index in [0.29, 0.717) is 5.92 Å². The molecule has 0 amide bonds. The van der Waals surface area contributed by atoms with Gasteiger partial charge in [0.05, 0.1) is 12.3 Å². The van der Waals surface area contributed by atoms with Crippen LogP contribution in [0.3, 0.4) is 0 Å². The molecule has 0 saturated carbocycles. The molecule has 1 N–H and O–H groups in total. The first kappa shape index (κ1) is 16.6. The van der Waals surface area contributed by atoms with E-state index in [1.54, 1.807) is 0 Å². The van der Waals surface area contributed by atoms with Crippen LogP contribution in [0.1, 0.15) is 43.1 Å². The first-order valence-corrected chi connectivity index (χ1v) is 9.12. The molecule has 0 aliphatic carbocycles. The Labute approximate surface area is 149 Å². The highest BCUT2D eigenvalue weighted by Gasteiger charge is 2.32. The van der Waals surface area contributed by atoms with Gasteiger partial charge in [-0.3, -0.25) is 4.68 Å². The Morgan fingerprint density at radius 3 is 3.04 bits per heavy atom. The Hall–Kier alpha value is -1.85. The summed E-state index contributed by atoms with van der Waals surface area (Å²) in [7, 11) is 1.95. The van der Waals surface area contributed by atoms with Crippen molar-refractivity contribution in [1.29, 1.82) is 0 Å². The SMILES string of the molecule is Cn1cc([C@@H]2OCC[C@@H]2CNCc2cccc3c2OC(C)(C)C3)cn1. The summed E-state index contributed by atoms with van der Waals surface area (Å²) in [6.07, 6.45) is 6.20. The van der Waals surface area contributed by atoms with Gasteiger partial charge in [-0.05, 0) is 25.8 Å². The van der Waals surface area contributed by atoms with E-state index in [1.165, 1.54) is 16.7 Å². The molecule has 0 unspecified atom stereocenters. The van der Waals surface area contributed by atoms with Gasteiger partial charge >= 0.3 is 0 Å². The zero-order valence-electron chi connectivity index (χ0n) is 15.3. The van der Waals surface area contributed by atoms with Crippen LogP contribution in [0.5, 0.6) is 5.75 Å². The quantitative estimate of drug-likeness (QED) is 0.908. The fourth-order valence-corrected chi connectivity index (χ4v) is 4.01. The van der Waals surface area contributed by atoms with Gasteiger partial charge in [-0.25, -0.2) is 0 Å². The maximum absolute atomic E-state index is 6.17. The third kappa shape index (κ3) is 3.44. The Kier molecular flexibility index (Phi) is 4.29. The first-order chi connectivity index (χ1) is 12.0. The predicted molar refractivity (Wildman–Crippen MR) is 96.6 cm³/mol. The van der Waals surface area contributed by atoms with Crippen molar-refractivity contribution >= 4 is 0 Å². The molecule has 5 heteroatoms. The third-order valence-electron chi connectivity index (χ3n) is 5.16. The molecule has 25 heavy (non-hydrogen) atoms. The van der Waals surface area contributed by atoms with Crippen molar-refractivity contribution in [2.75, 3.05) is 13.2 Å². The molecule has 1 saturated heterocycles. The number of para-hydroxylation sites is 1. The topological polar surface area (TPSA) is 48.3 Å². The highest BCUT2D eigenvalue weighted by atomic mass is 16.5. The summed E-state index contributed by atoms with van der Waals surface area (Å²) < 4.78 is 14.0. The largest absolute Gasteiger partial charge is 0.487 e. The molecule has 2 atom stereocenters. The molecule has 0 spiro atoms. The zero-order chi connectivity index (χ0) is 17.4. The summed E-state index contributed by atoms with van der Waals surface area (Å²) in [4.78, 5) is 0. The molecule has 4 rings (SSSR count). The molecule has 2 aliphatic rings. The van der Waals surface area contributed by atoms with E-state index >= 15 is 0 Å². The Morgan fingerprint density at radius 1 is 1.36 bits per heavy atom. The van der Waals surface area contributed by atoms with Gasteiger partial charge in [-0.2, -0.15) is 5.10 Å².